The quantitative estimate of drug-likeness (QED) is 0.842. The zero-order valence-corrected chi connectivity index (χ0v) is 11.0. The minimum atomic E-state index is -0.391. The van der Waals surface area contributed by atoms with Gasteiger partial charge in [0.25, 0.3) is 0 Å². The van der Waals surface area contributed by atoms with Crippen LogP contribution in [0.5, 0.6) is 5.75 Å². The van der Waals surface area contributed by atoms with Gasteiger partial charge >= 0.3 is 0 Å². The zero-order valence-electron chi connectivity index (χ0n) is 11.0. The molecule has 0 spiro atoms. The van der Waals surface area contributed by atoms with Crippen molar-refractivity contribution in [1.29, 1.82) is 0 Å². The molecule has 0 bridgehead atoms. The molecule has 1 heterocycles. The highest BCUT2D eigenvalue weighted by Gasteiger charge is 2.20. The van der Waals surface area contributed by atoms with Crippen molar-refractivity contribution in [3.63, 3.8) is 0 Å². The lowest BCUT2D eigenvalue weighted by Crippen LogP contribution is -2.15. The number of halogens is 1. The second kappa shape index (κ2) is 4.12. The van der Waals surface area contributed by atoms with E-state index in [0.29, 0.717) is 17.0 Å². The standard InChI is InChI=1S/C14H17FN2O/c1-14(2,3)9-7-8-11(18-4)6-5-10(15)12(8)17-13(9)16/h5-7H,1-4H3,(H2,16,17). The van der Waals surface area contributed by atoms with Crippen LogP contribution in [0.15, 0.2) is 18.2 Å². The van der Waals surface area contributed by atoms with Crippen molar-refractivity contribution in [3.8, 4) is 5.75 Å². The number of nitrogens with zero attached hydrogens (tertiary/aromatic N) is 1. The van der Waals surface area contributed by atoms with Crippen LogP contribution in [-0.4, -0.2) is 12.1 Å². The van der Waals surface area contributed by atoms with E-state index in [4.69, 9.17) is 10.5 Å². The Balaban J connectivity index is 2.84. The van der Waals surface area contributed by atoms with Crippen molar-refractivity contribution < 1.29 is 9.13 Å². The van der Waals surface area contributed by atoms with Gasteiger partial charge in [-0.15, -0.1) is 0 Å². The molecule has 0 aliphatic carbocycles. The summed E-state index contributed by atoms with van der Waals surface area (Å²) in [5, 5.41) is 0.650. The molecule has 0 aliphatic rings. The molecule has 1 aromatic carbocycles. The van der Waals surface area contributed by atoms with Crippen LogP contribution in [0.2, 0.25) is 0 Å². The number of hydrogen-bond donors (Lipinski definition) is 1. The molecule has 0 fully saturated rings. The van der Waals surface area contributed by atoms with E-state index in [-0.39, 0.29) is 10.9 Å². The van der Waals surface area contributed by atoms with Crippen LogP contribution >= 0.6 is 0 Å². The van der Waals surface area contributed by atoms with Gasteiger partial charge in [-0.25, -0.2) is 9.37 Å². The monoisotopic (exact) mass is 248 g/mol. The Kier molecular flexibility index (Phi) is 2.89. The summed E-state index contributed by atoms with van der Waals surface area (Å²) in [6, 6.07) is 4.80. The predicted molar refractivity (Wildman–Crippen MR) is 71.4 cm³/mol. The molecule has 0 aliphatic heterocycles. The van der Waals surface area contributed by atoms with Crippen molar-refractivity contribution in [1.82, 2.24) is 4.98 Å². The number of aromatic nitrogens is 1. The largest absolute Gasteiger partial charge is 0.496 e. The first-order chi connectivity index (χ1) is 8.34. The fraction of sp³-hybridized carbons (Fsp3) is 0.357. The highest BCUT2D eigenvalue weighted by atomic mass is 19.1. The van der Waals surface area contributed by atoms with E-state index in [1.54, 1.807) is 13.2 Å². The molecule has 2 N–H and O–H groups in total. The van der Waals surface area contributed by atoms with E-state index in [1.807, 2.05) is 26.8 Å². The third kappa shape index (κ3) is 1.98. The van der Waals surface area contributed by atoms with Gasteiger partial charge in [0.1, 0.15) is 22.9 Å². The summed E-state index contributed by atoms with van der Waals surface area (Å²) >= 11 is 0. The summed E-state index contributed by atoms with van der Waals surface area (Å²) in [7, 11) is 1.56. The number of anilines is 1. The molecular weight excluding hydrogens is 231 g/mol. The maximum Gasteiger partial charge on any atom is 0.149 e. The molecule has 2 aromatic rings. The number of rotatable bonds is 1. The molecule has 96 valence electrons. The molecule has 0 saturated carbocycles. The second-order valence-corrected chi connectivity index (χ2v) is 5.32. The third-order valence-corrected chi connectivity index (χ3v) is 2.95. The van der Waals surface area contributed by atoms with Crippen molar-refractivity contribution in [2.75, 3.05) is 12.8 Å². The van der Waals surface area contributed by atoms with Gasteiger partial charge in [0.2, 0.25) is 0 Å². The topological polar surface area (TPSA) is 48.1 Å². The Hall–Kier alpha value is -1.84. The van der Waals surface area contributed by atoms with E-state index in [2.05, 4.69) is 4.98 Å². The molecule has 0 amide bonds. The first-order valence-electron chi connectivity index (χ1n) is 5.78. The predicted octanol–water partition coefficient (Wildman–Crippen LogP) is 3.26. The minimum absolute atomic E-state index is 0.150. The van der Waals surface area contributed by atoms with Crippen LogP contribution in [0.1, 0.15) is 26.3 Å². The summed E-state index contributed by atoms with van der Waals surface area (Å²) in [6.07, 6.45) is 0. The van der Waals surface area contributed by atoms with Crippen LogP contribution in [0.3, 0.4) is 0 Å². The zero-order chi connectivity index (χ0) is 13.5. The number of hydrogen-bond acceptors (Lipinski definition) is 3. The van der Waals surface area contributed by atoms with Crippen LogP contribution in [0, 0.1) is 5.82 Å². The molecule has 1 aromatic heterocycles. The van der Waals surface area contributed by atoms with Crippen molar-refractivity contribution in [2.24, 2.45) is 0 Å². The van der Waals surface area contributed by atoms with Crippen LogP contribution in [-0.2, 0) is 5.41 Å². The number of ether oxygens (including phenoxy) is 1. The van der Waals surface area contributed by atoms with E-state index in [0.717, 1.165) is 5.56 Å². The van der Waals surface area contributed by atoms with Crippen molar-refractivity contribution >= 4 is 16.7 Å². The summed E-state index contributed by atoms with van der Waals surface area (Å²) in [4.78, 5) is 4.17. The number of nitrogens with two attached hydrogens (primary N) is 1. The van der Waals surface area contributed by atoms with Gasteiger partial charge < -0.3 is 10.5 Å². The number of pyridine rings is 1. The number of benzene rings is 1. The van der Waals surface area contributed by atoms with Crippen molar-refractivity contribution in [3.05, 3.63) is 29.6 Å². The Labute approximate surface area is 106 Å². The summed E-state index contributed by atoms with van der Waals surface area (Å²) in [5.74, 6) is 0.574. The minimum Gasteiger partial charge on any atom is -0.496 e. The highest BCUT2D eigenvalue weighted by molar-refractivity contribution is 5.88. The highest BCUT2D eigenvalue weighted by Crippen LogP contribution is 2.34. The molecule has 0 unspecified atom stereocenters. The molecule has 18 heavy (non-hydrogen) atoms. The SMILES string of the molecule is COc1ccc(F)c2nc(N)c(C(C)(C)C)cc12. The van der Waals surface area contributed by atoms with E-state index in [1.165, 1.54) is 6.07 Å². The van der Waals surface area contributed by atoms with Crippen molar-refractivity contribution in [2.45, 2.75) is 26.2 Å². The van der Waals surface area contributed by atoms with Gasteiger partial charge in [-0.1, -0.05) is 20.8 Å². The van der Waals surface area contributed by atoms with Gasteiger partial charge in [0.15, 0.2) is 0 Å². The first kappa shape index (κ1) is 12.6. The van der Waals surface area contributed by atoms with Gasteiger partial charge in [-0.3, -0.25) is 0 Å². The van der Waals surface area contributed by atoms with E-state index in [9.17, 15) is 4.39 Å². The lowest BCUT2D eigenvalue weighted by molar-refractivity contribution is 0.419. The van der Waals surface area contributed by atoms with Crippen LogP contribution in [0.25, 0.3) is 10.9 Å². The molecule has 2 rings (SSSR count). The summed E-state index contributed by atoms with van der Waals surface area (Å²) in [6.45, 7) is 6.12. The molecule has 0 radical (unpaired) electrons. The fourth-order valence-corrected chi connectivity index (χ4v) is 1.99. The Bertz CT molecular complexity index is 603. The smallest absolute Gasteiger partial charge is 0.149 e. The van der Waals surface area contributed by atoms with E-state index < -0.39 is 5.82 Å². The van der Waals surface area contributed by atoms with Crippen LogP contribution < -0.4 is 10.5 Å². The fourth-order valence-electron chi connectivity index (χ4n) is 1.99. The Morgan fingerprint density at radius 1 is 1.28 bits per heavy atom. The second-order valence-electron chi connectivity index (χ2n) is 5.32. The molecule has 3 nitrogen and oxygen atoms in total. The Morgan fingerprint density at radius 2 is 1.94 bits per heavy atom. The number of methoxy groups -OCH3 is 1. The molecule has 4 heteroatoms. The lowest BCUT2D eigenvalue weighted by Gasteiger charge is -2.21. The average molecular weight is 248 g/mol. The maximum atomic E-state index is 13.7. The third-order valence-electron chi connectivity index (χ3n) is 2.95. The molecular formula is C14H17FN2O. The van der Waals surface area contributed by atoms with Gasteiger partial charge in [0, 0.05) is 10.9 Å². The normalized spacial score (nSPS) is 11.8. The molecule has 0 saturated heterocycles. The number of fused-ring (bicyclic) bond motifs is 1. The summed E-state index contributed by atoms with van der Waals surface area (Å²) in [5.41, 5.74) is 6.90. The van der Waals surface area contributed by atoms with Gasteiger partial charge in [-0.05, 0) is 23.6 Å². The first-order valence-corrected chi connectivity index (χ1v) is 5.78. The Morgan fingerprint density at radius 3 is 2.50 bits per heavy atom. The van der Waals surface area contributed by atoms with Crippen LogP contribution in [0.4, 0.5) is 10.2 Å². The number of nitrogen functional groups attached to an aromatic ring is 1. The van der Waals surface area contributed by atoms with Gasteiger partial charge in [0.05, 0.1) is 7.11 Å². The summed E-state index contributed by atoms with van der Waals surface area (Å²) < 4.78 is 19.0. The van der Waals surface area contributed by atoms with E-state index >= 15 is 0 Å². The maximum absolute atomic E-state index is 13.7. The lowest BCUT2D eigenvalue weighted by atomic mass is 9.86. The average Bonchev–Trinajstić information content (AvgIpc) is 2.28. The van der Waals surface area contributed by atoms with Gasteiger partial charge in [-0.2, -0.15) is 0 Å². The molecule has 0 atom stereocenters.